The molecule has 1 saturated carbocycles. The van der Waals surface area contributed by atoms with Crippen molar-refractivity contribution in [3.8, 4) is 5.75 Å². The predicted octanol–water partition coefficient (Wildman–Crippen LogP) is 5.89. The van der Waals surface area contributed by atoms with Crippen molar-refractivity contribution < 1.29 is 29.0 Å². The Morgan fingerprint density at radius 3 is 2.48 bits per heavy atom. The number of esters is 1. The van der Waals surface area contributed by atoms with Gasteiger partial charge in [0.25, 0.3) is 5.91 Å². The summed E-state index contributed by atoms with van der Waals surface area (Å²) in [6, 6.07) is 11.9. The third-order valence-corrected chi connectivity index (χ3v) is 8.95. The highest BCUT2D eigenvalue weighted by molar-refractivity contribution is 7.99. The molecule has 0 bridgehead atoms. The molecule has 0 spiro atoms. The number of carboxylic acid groups (broad SMARTS) is 1. The van der Waals surface area contributed by atoms with Gasteiger partial charge in [0.1, 0.15) is 12.4 Å². The number of aliphatic carboxylic acids is 1. The first-order chi connectivity index (χ1) is 20.2. The van der Waals surface area contributed by atoms with Crippen LogP contribution in [0.4, 0.5) is 0 Å². The minimum Gasteiger partial charge on any atom is -0.497 e. The Balaban J connectivity index is 1.50. The molecule has 0 amide bonds. The van der Waals surface area contributed by atoms with Gasteiger partial charge < -0.3 is 14.6 Å². The summed E-state index contributed by atoms with van der Waals surface area (Å²) in [5.41, 5.74) is 2.30. The summed E-state index contributed by atoms with van der Waals surface area (Å²) in [6.07, 6.45) is 4.45. The molecule has 10 nitrogen and oxygen atoms in total. The Bertz CT molecular complexity index is 1450. The molecule has 12 heteroatoms. The van der Waals surface area contributed by atoms with Crippen LogP contribution in [0.25, 0.3) is 10.9 Å². The van der Waals surface area contributed by atoms with Gasteiger partial charge >= 0.3 is 11.9 Å². The Labute approximate surface area is 253 Å². The molecule has 4 rings (SSSR count). The Morgan fingerprint density at radius 2 is 1.83 bits per heavy atom. The van der Waals surface area contributed by atoms with Crippen molar-refractivity contribution in [2.24, 2.45) is 4.58 Å². The third kappa shape index (κ3) is 7.50. The summed E-state index contributed by atoms with van der Waals surface area (Å²) in [7, 11) is 1.54. The molecule has 1 aliphatic rings. The van der Waals surface area contributed by atoms with E-state index < -0.39 is 16.7 Å². The van der Waals surface area contributed by atoms with Crippen LogP contribution >= 0.6 is 23.5 Å². The summed E-state index contributed by atoms with van der Waals surface area (Å²) in [6.45, 7) is 2.08. The largest absolute Gasteiger partial charge is 0.497 e. The maximum atomic E-state index is 13.5. The summed E-state index contributed by atoms with van der Waals surface area (Å²) >= 11 is 6.99. The lowest BCUT2D eigenvalue weighted by atomic mass is 9.88. The van der Waals surface area contributed by atoms with Crippen LogP contribution < -0.4 is 4.74 Å². The van der Waals surface area contributed by atoms with E-state index in [9.17, 15) is 24.4 Å². The maximum absolute atomic E-state index is 13.5. The number of carbonyl (C=O) groups is 3. The quantitative estimate of drug-likeness (QED) is 0.142. The van der Waals surface area contributed by atoms with E-state index in [-0.39, 0.29) is 32.0 Å². The zero-order valence-electron chi connectivity index (χ0n) is 23.6. The van der Waals surface area contributed by atoms with E-state index in [4.69, 9.17) is 21.1 Å². The van der Waals surface area contributed by atoms with Crippen LogP contribution in [0.5, 0.6) is 5.75 Å². The first-order valence-electron chi connectivity index (χ1n) is 13.7. The molecule has 1 heterocycles. The van der Waals surface area contributed by atoms with Crippen molar-refractivity contribution in [3.05, 3.63) is 69.2 Å². The van der Waals surface area contributed by atoms with Gasteiger partial charge in [-0.1, -0.05) is 30.9 Å². The maximum Gasteiger partial charge on any atom is 0.317 e. The number of ether oxygens (including phenoxy) is 2. The van der Waals surface area contributed by atoms with Gasteiger partial charge in [-0.2, -0.15) is 0 Å². The molecule has 1 aliphatic carbocycles. The van der Waals surface area contributed by atoms with Crippen LogP contribution in [0.1, 0.15) is 53.7 Å². The topological polar surface area (TPSA) is 128 Å². The van der Waals surface area contributed by atoms with Gasteiger partial charge in [0, 0.05) is 51.3 Å². The van der Waals surface area contributed by atoms with Gasteiger partial charge in [-0.3, -0.25) is 23.9 Å². The number of nitrogens with zero attached hydrogens (tertiary/aromatic N) is 3. The van der Waals surface area contributed by atoms with Gasteiger partial charge in [-0.15, -0.1) is 4.91 Å². The summed E-state index contributed by atoms with van der Waals surface area (Å²) < 4.78 is 15.2. The summed E-state index contributed by atoms with van der Waals surface area (Å²) in [4.78, 5) is 50.9. The second-order valence-electron chi connectivity index (χ2n) is 10.5. The molecule has 1 aromatic heterocycles. The molecule has 224 valence electrons. The Morgan fingerprint density at radius 1 is 1.12 bits per heavy atom. The molecule has 0 saturated heterocycles. The Hall–Kier alpha value is -3.41. The molecule has 0 aliphatic heterocycles. The smallest absolute Gasteiger partial charge is 0.317 e. The zero-order chi connectivity index (χ0) is 30.3. The minimum atomic E-state index is -1.00. The van der Waals surface area contributed by atoms with Gasteiger partial charge in [-0.05, 0) is 67.8 Å². The minimum absolute atomic E-state index is 0.0217. The highest BCUT2D eigenvalue weighted by Gasteiger charge is 2.36. The standard InChI is InChI=1S/C30H34ClN3O7S/c1-20-24(25-16-23(40-2)10-11-26(25)34(20)29(38)21-6-8-22(31)9-7-21)17-28(37)41-15-14-33(18-27(35)36)19-30(42-32-39)12-4-3-5-13-30/h6-11,16H,3-5,12-15,17-19H2,1-2H3,(H,35,36). The van der Waals surface area contributed by atoms with Crippen LogP contribution in [0.2, 0.25) is 5.02 Å². The van der Waals surface area contributed by atoms with Crippen molar-refractivity contribution >= 4 is 52.3 Å². The van der Waals surface area contributed by atoms with Crippen molar-refractivity contribution in [3.63, 3.8) is 0 Å². The van der Waals surface area contributed by atoms with Crippen LogP contribution in [0.15, 0.2) is 47.0 Å². The average molecular weight is 616 g/mol. The molecule has 0 atom stereocenters. The van der Waals surface area contributed by atoms with Crippen LogP contribution in [0, 0.1) is 11.8 Å². The molecule has 0 radical (unpaired) electrons. The molecule has 42 heavy (non-hydrogen) atoms. The second-order valence-corrected chi connectivity index (χ2v) is 12.1. The van der Waals surface area contributed by atoms with E-state index in [0.717, 1.165) is 44.1 Å². The fourth-order valence-electron chi connectivity index (χ4n) is 5.65. The van der Waals surface area contributed by atoms with E-state index in [0.29, 0.717) is 45.0 Å². The van der Waals surface area contributed by atoms with E-state index in [1.807, 2.05) is 0 Å². The van der Waals surface area contributed by atoms with Crippen LogP contribution in [0.3, 0.4) is 0 Å². The molecular weight excluding hydrogens is 582 g/mol. The fraction of sp³-hybridized carbons (Fsp3) is 0.433. The van der Waals surface area contributed by atoms with E-state index in [2.05, 4.69) is 4.58 Å². The van der Waals surface area contributed by atoms with E-state index in [1.165, 1.54) is 0 Å². The number of rotatable bonds is 13. The highest BCUT2D eigenvalue weighted by atomic mass is 35.5. The predicted molar refractivity (Wildman–Crippen MR) is 162 cm³/mol. The zero-order valence-corrected chi connectivity index (χ0v) is 25.2. The fourth-order valence-corrected chi connectivity index (χ4v) is 6.64. The van der Waals surface area contributed by atoms with Gasteiger partial charge in [-0.25, -0.2) is 0 Å². The number of fused-ring (bicyclic) bond motifs is 1. The monoisotopic (exact) mass is 615 g/mol. The molecule has 1 fully saturated rings. The number of benzene rings is 2. The number of halogens is 1. The number of aromatic nitrogens is 1. The lowest BCUT2D eigenvalue weighted by molar-refractivity contribution is -0.143. The number of carboxylic acids is 1. The van der Waals surface area contributed by atoms with Crippen molar-refractivity contribution in [2.45, 2.75) is 50.2 Å². The summed E-state index contributed by atoms with van der Waals surface area (Å²) in [5, 5.41) is 10.7. The molecule has 3 aromatic rings. The lowest BCUT2D eigenvalue weighted by Crippen LogP contribution is -2.45. The van der Waals surface area contributed by atoms with Crippen molar-refractivity contribution in [2.75, 3.05) is 33.4 Å². The van der Waals surface area contributed by atoms with Crippen molar-refractivity contribution in [1.29, 1.82) is 0 Å². The first kappa shape index (κ1) is 31.5. The summed E-state index contributed by atoms with van der Waals surface area (Å²) in [5.74, 6) is -1.19. The lowest BCUT2D eigenvalue weighted by Gasteiger charge is -2.37. The van der Waals surface area contributed by atoms with E-state index >= 15 is 0 Å². The van der Waals surface area contributed by atoms with Crippen molar-refractivity contribution in [1.82, 2.24) is 9.47 Å². The van der Waals surface area contributed by atoms with Gasteiger partial charge in [0.15, 0.2) is 0 Å². The van der Waals surface area contributed by atoms with Crippen LogP contribution in [-0.2, 0) is 20.7 Å². The number of carbonyl (C=O) groups excluding carboxylic acids is 2. The Kier molecular flexibility index (Phi) is 10.6. The van der Waals surface area contributed by atoms with Crippen LogP contribution in [-0.4, -0.2) is 70.5 Å². The number of nitroso groups, excluding NO2 is 1. The third-order valence-electron chi connectivity index (χ3n) is 7.69. The van der Waals surface area contributed by atoms with E-state index in [1.54, 1.807) is 66.0 Å². The number of hydrogen-bond donors (Lipinski definition) is 1. The average Bonchev–Trinajstić information content (AvgIpc) is 3.23. The molecule has 2 aromatic carbocycles. The molecular formula is C30H34ClN3O7S. The second kappa shape index (κ2) is 14.2. The SMILES string of the molecule is COc1ccc2c(c1)c(CC(=O)OCCN(CC(=O)O)CC1(SN=O)CCCCC1)c(C)n2C(=O)c1ccc(Cl)cc1. The highest BCUT2D eigenvalue weighted by Crippen LogP contribution is 2.41. The molecule has 1 N–H and O–H groups in total. The number of hydrogen-bond acceptors (Lipinski definition) is 9. The molecule has 0 unspecified atom stereocenters. The van der Waals surface area contributed by atoms with Gasteiger partial charge in [0.05, 0.1) is 30.3 Å². The van der Waals surface area contributed by atoms with Gasteiger partial charge in [0.2, 0.25) is 0 Å². The normalized spacial score (nSPS) is 14.6. The first-order valence-corrected chi connectivity index (χ1v) is 14.9. The number of methoxy groups -OCH3 is 1.